The molecule has 1 heterocycles. The summed E-state index contributed by atoms with van der Waals surface area (Å²) in [4.78, 5) is 13.5. The Morgan fingerprint density at radius 1 is 1.38 bits per heavy atom. The van der Waals surface area contributed by atoms with Crippen molar-refractivity contribution in [1.82, 2.24) is 0 Å². The zero-order chi connectivity index (χ0) is 11.9. The van der Waals surface area contributed by atoms with E-state index in [9.17, 15) is 4.79 Å². The SMILES string of the molecule is Cc1cc(Br)c(N2CC(Cl)CC2=O)c(Br)c1. The molecule has 1 saturated heterocycles. The van der Waals surface area contributed by atoms with Crippen LogP contribution in [0, 0.1) is 6.92 Å². The van der Waals surface area contributed by atoms with E-state index in [0.717, 1.165) is 20.2 Å². The Kier molecular flexibility index (Phi) is 3.62. The first-order valence-corrected chi connectivity index (χ1v) is 6.91. The predicted molar refractivity (Wildman–Crippen MR) is 73.2 cm³/mol. The van der Waals surface area contributed by atoms with E-state index in [-0.39, 0.29) is 11.3 Å². The molecule has 0 saturated carbocycles. The number of aryl methyl sites for hydroxylation is 1. The lowest BCUT2D eigenvalue weighted by molar-refractivity contribution is -0.117. The molecule has 0 radical (unpaired) electrons. The quantitative estimate of drug-likeness (QED) is 0.690. The van der Waals surface area contributed by atoms with Gasteiger partial charge in [0.25, 0.3) is 0 Å². The number of nitrogens with zero attached hydrogens (tertiary/aromatic N) is 1. The third-order valence-corrected chi connectivity index (χ3v) is 4.01. The summed E-state index contributed by atoms with van der Waals surface area (Å²) in [5, 5.41) is -0.0902. The van der Waals surface area contributed by atoms with E-state index in [4.69, 9.17) is 11.6 Å². The highest BCUT2D eigenvalue weighted by molar-refractivity contribution is 9.11. The lowest BCUT2D eigenvalue weighted by Gasteiger charge is -2.19. The van der Waals surface area contributed by atoms with E-state index in [0.29, 0.717) is 13.0 Å². The summed E-state index contributed by atoms with van der Waals surface area (Å²) >= 11 is 13.0. The number of carbonyl (C=O) groups excluding carboxylic acids is 1. The smallest absolute Gasteiger partial charge is 0.228 e. The van der Waals surface area contributed by atoms with Crippen molar-refractivity contribution in [3.8, 4) is 0 Å². The van der Waals surface area contributed by atoms with Gasteiger partial charge in [-0.2, -0.15) is 0 Å². The van der Waals surface area contributed by atoms with E-state index < -0.39 is 0 Å². The fourth-order valence-electron chi connectivity index (χ4n) is 1.83. The molecule has 0 spiro atoms. The van der Waals surface area contributed by atoms with Crippen molar-refractivity contribution in [3.63, 3.8) is 0 Å². The van der Waals surface area contributed by atoms with Gasteiger partial charge >= 0.3 is 0 Å². The summed E-state index contributed by atoms with van der Waals surface area (Å²) in [5.41, 5.74) is 2.01. The highest BCUT2D eigenvalue weighted by Crippen LogP contribution is 2.38. The maximum absolute atomic E-state index is 11.8. The van der Waals surface area contributed by atoms with Gasteiger partial charge in [0, 0.05) is 21.9 Å². The molecule has 2 nitrogen and oxygen atoms in total. The number of anilines is 1. The molecule has 86 valence electrons. The highest BCUT2D eigenvalue weighted by Gasteiger charge is 2.31. The van der Waals surface area contributed by atoms with Crippen LogP contribution in [0.4, 0.5) is 5.69 Å². The predicted octanol–water partition coefficient (Wildman–Crippen LogP) is 3.86. The van der Waals surface area contributed by atoms with Gasteiger partial charge in [0.15, 0.2) is 0 Å². The molecule has 0 bridgehead atoms. The molecule has 0 N–H and O–H groups in total. The summed E-state index contributed by atoms with van der Waals surface area (Å²) in [6, 6.07) is 3.99. The Hall–Kier alpha value is -0.0600. The summed E-state index contributed by atoms with van der Waals surface area (Å²) in [6.45, 7) is 2.58. The zero-order valence-corrected chi connectivity index (χ0v) is 12.6. The van der Waals surface area contributed by atoms with Crippen LogP contribution in [0.2, 0.25) is 0 Å². The van der Waals surface area contributed by atoms with Crippen LogP contribution in [0.3, 0.4) is 0 Å². The van der Waals surface area contributed by atoms with Crippen LogP contribution < -0.4 is 4.90 Å². The highest BCUT2D eigenvalue weighted by atomic mass is 79.9. The van der Waals surface area contributed by atoms with Crippen LogP contribution in [0.5, 0.6) is 0 Å². The number of hydrogen-bond donors (Lipinski definition) is 0. The standard InChI is InChI=1S/C11H10Br2ClNO/c1-6-2-8(12)11(9(13)3-6)15-5-7(14)4-10(15)16/h2-3,7H,4-5H2,1H3. The van der Waals surface area contributed by atoms with Crippen LogP contribution in [0.1, 0.15) is 12.0 Å². The molecule has 16 heavy (non-hydrogen) atoms. The van der Waals surface area contributed by atoms with E-state index in [1.807, 2.05) is 19.1 Å². The average molecular weight is 367 g/mol. The average Bonchev–Trinajstić information content (AvgIpc) is 2.43. The first-order chi connectivity index (χ1) is 7.49. The minimum atomic E-state index is -0.0902. The first kappa shape index (κ1) is 12.4. The number of alkyl halides is 1. The van der Waals surface area contributed by atoms with Crippen LogP contribution in [-0.2, 0) is 4.79 Å². The molecule has 1 unspecified atom stereocenters. The molecule has 1 fully saturated rings. The molecule has 5 heteroatoms. The van der Waals surface area contributed by atoms with Crippen LogP contribution in [0.25, 0.3) is 0 Å². The Morgan fingerprint density at radius 2 is 1.94 bits per heavy atom. The van der Waals surface area contributed by atoms with Crippen molar-refractivity contribution >= 4 is 55.1 Å². The first-order valence-electron chi connectivity index (χ1n) is 4.89. The molecule has 1 aliphatic rings. The van der Waals surface area contributed by atoms with Crippen LogP contribution in [-0.4, -0.2) is 17.8 Å². The van der Waals surface area contributed by atoms with Crippen molar-refractivity contribution in [2.45, 2.75) is 18.7 Å². The number of amides is 1. The second kappa shape index (κ2) is 4.67. The fourth-order valence-corrected chi connectivity index (χ4v) is 3.94. The number of carbonyl (C=O) groups is 1. The summed E-state index contributed by atoms with van der Waals surface area (Å²) in [6.07, 6.45) is 0.411. The number of halogens is 3. The van der Waals surface area contributed by atoms with Gasteiger partial charge in [-0.25, -0.2) is 0 Å². The Bertz CT molecular complexity index is 427. The van der Waals surface area contributed by atoms with Gasteiger partial charge in [0.05, 0.1) is 11.1 Å². The van der Waals surface area contributed by atoms with E-state index in [2.05, 4.69) is 31.9 Å². The summed E-state index contributed by atoms with van der Waals surface area (Å²) < 4.78 is 1.83. The number of benzene rings is 1. The zero-order valence-electron chi connectivity index (χ0n) is 8.64. The Morgan fingerprint density at radius 3 is 2.38 bits per heavy atom. The second-order valence-electron chi connectivity index (χ2n) is 3.88. The minimum Gasteiger partial charge on any atom is -0.309 e. The topological polar surface area (TPSA) is 20.3 Å². The molecule has 0 aromatic heterocycles. The lowest BCUT2D eigenvalue weighted by atomic mass is 10.2. The van der Waals surface area contributed by atoms with Crippen molar-refractivity contribution in [1.29, 1.82) is 0 Å². The van der Waals surface area contributed by atoms with E-state index in [1.165, 1.54) is 0 Å². The maximum atomic E-state index is 11.8. The fraction of sp³-hybridized carbons (Fsp3) is 0.364. The molecule has 1 aliphatic heterocycles. The molecule has 0 aliphatic carbocycles. The molecular formula is C11H10Br2ClNO. The largest absolute Gasteiger partial charge is 0.309 e. The molecule has 2 rings (SSSR count). The third kappa shape index (κ3) is 2.29. The van der Waals surface area contributed by atoms with E-state index in [1.54, 1.807) is 4.90 Å². The van der Waals surface area contributed by atoms with Gasteiger partial charge in [0.2, 0.25) is 5.91 Å². The maximum Gasteiger partial charge on any atom is 0.228 e. The third-order valence-electron chi connectivity index (χ3n) is 2.51. The molecule has 1 amide bonds. The summed E-state index contributed by atoms with van der Waals surface area (Å²) in [5.74, 6) is 0.0743. The summed E-state index contributed by atoms with van der Waals surface area (Å²) in [7, 11) is 0. The van der Waals surface area contributed by atoms with Gasteiger partial charge in [-0.3, -0.25) is 4.79 Å². The van der Waals surface area contributed by atoms with Gasteiger partial charge < -0.3 is 4.90 Å². The van der Waals surface area contributed by atoms with Gasteiger partial charge in [-0.1, -0.05) is 0 Å². The second-order valence-corrected chi connectivity index (χ2v) is 6.21. The normalized spacial score (nSPS) is 20.6. The number of rotatable bonds is 1. The van der Waals surface area contributed by atoms with Crippen molar-refractivity contribution < 1.29 is 4.79 Å². The van der Waals surface area contributed by atoms with Crippen molar-refractivity contribution in [2.75, 3.05) is 11.4 Å². The minimum absolute atomic E-state index is 0.0743. The van der Waals surface area contributed by atoms with Crippen LogP contribution >= 0.6 is 43.5 Å². The Labute approximate surface area is 116 Å². The van der Waals surface area contributed by atoms with E-state index >= 15 is 0 Å². The Balaban J connectivity index is 2.44. The molecule has 1 aromatic rings. The molecular weight excluding hydrogens is 357 g/mol. The monoisotopic (exact) mass is 365 g/mol. The van der Waals surface area contributed by atoms with Gasteiger partial charge in [-0.05, 0) is 56.5 Å². The lowest BCUT2D eigenvalue weighted by Crippen LogP contribution is -2.25. The molecule has 1 atom stereocenters. The van der Waals surface area contributed by atoms with Crippen molar-refractivity contribution in [2.24, 2.45) is 0 Å². The van der Waals surface area contributed by atoms with Gasteiger partial charge in [0.1, 0.15) is 0 Å². The van der Waals surface area contributed by atoms with Crippen molar-refractivity contribution in [3.05, 3.63) is 26.6 Å². The number of hydrogen-bond acceptors (Lipinski definition) is 1. The van der Waals surface area contributed by atoms with Crippen LogP contribution in [0.15, 0.2) is 21.1 Å². The van der Waals surface area contributed by atoms with Gasteiger partial charge in [-0.15, -0.1) is 11.6 Å². The molecule has 1 aromatic carbocycles.